The van der Waals surface area contributed by atoms with E-state index in [0.29, 0.717) is 18.7 Å². The number of hydrogen-bond donors (Lipinski definition) is 8. The Bertz CT molecular complexity index is 2470. The summed E-state index contributed by atoms with van der Waals surface area (Å²) in [5.41, 5.74) is 2.13. The molecule has 2 aliphatic heterocycles. The number of ether oxygens (including phenoxy) is 6. The number of carbonyl (C=O) groups excluding carboxylic acids is 2. The molecule has 4 aliphatic rings. The third kappa shape index (κ3) is 12.3. The topological polar surface area (TPSA) is 330 Å². The monoisotopic (exact) mass is 1010 g/mol. The lowest BCUT2D eigenvalue weighted by atomic mass is 9.77. The van der Waals surface area contributed by atoms with Crippen molar-refractivity contribution in [1.29, 1.82) is 0 Å². The number of fused-ring (bicyclic) bond motifs is 1. The van der Waals surface area contributed by atoms with Crippen LogP contribution in [0.1, 0.15) is 86.8 Å². The van der Waals surface area contributed by atoms with E-state index in [-0.39, 0.29) is 43.0 Å². The first kappa shape index (κ1) is 52.8. The van der Waals surface area contributed by atoms with Gasteiger partial charge in [0.1, 0.15) is 42.3 Å². The van der Waals surface area contributed by atoms with Crippen molar-refractivity contribution in [2.45, 2.75) is 164 Å². The molecule has 0 radical (unpaired) electrons. The molecule has 0 spiro atoms. The van der Waals surface area contributed by atoms with Gasteiger partial charge in [-0.05, 0) is 68.2 Å². The van der Waals surface area contributed by atoms with Gasteiger partial charge in [0.15, 0.2) is 24.8 Å². The van der Waals surface area contributed by atoms with E-state index in [4.69, 9.17) is 28.4 Å². The molecule has 1 amide bonds. The Morgan fingerprint density at radius 3 is 2.42 bits per heavy atom. The van der Waals surface area contributed by atoms with Crippen LogP contribution < -0.4 is 5.32 Å². The number of amides is 1. The van der Waals surface area contributed by atoms with Crippen molar-refractivity contribution in [3.8, 4) is 0 Å². The van der Waals surface area contributed by atoms with E-state index in [1.807, 2.05) is 0 Å². The number of aromatic amines is 1. The highest BCUT2D eigenvalue weighted by atomic mass is 16.7. The second-order valence-corrected chi connectivity index (χ2v) is 19.5. The number of aliphatic hydroxyl groups excluding tert-OH is 5. The number of nitrogens with zero attached hydrogens (tertiary/aromatic N) is 4. The third-order valence-corrected chi connectivity index (χ3v) is 14.4. The summed E-state index contributed by atoms with van der Waals surface area (Å²) in [6.07, 6.45) is -10.4. The molecule has 8 N–H and O–H groups in total. The number of aliphatic hydroxyl groups is 5. The first-order chi connectivity index (χ1) is 34.6. The van der Waals surface area contributed by atoms with Crippen molar-refractivity contribution in [1.82, 2.24) is 25.3 Å². The highest BCUT2D eigenvalue weighted by Crippen LogP contribution is 2.39. The zero-order valence-electron chi connectivity index (χ0n) is 40.0. The van der Waals surface area contributed by atoms with Gasteiger partial charge in [-0.25, -0.2) is 9.59 Å². The van der Waals surface area contributed by atoms with Gasteiger partial charge in [0, 0.05) is 41.7 Å². The number of esters is 1. The Kier molecular flexibility index (Phi) is 17.3. The van der Waals surface area contributed by atoms with Gasteiger partial charge in [-0.2, -0.15) is 0 Å². The van der Waals surface area contributed by atoms with E-state index in [2.05, 4.69) is 20.6 Å². The zero-order valence-corrected chi connectivity index (χ0v) is 40.0. The fourth-order valence-corrected chi connectivity index (χ4v) is 10.4. The number of aliphatic carboxylic acids is 1. The number of aryl methyl sites for hydroxylation is 2. The molecule has 23 heteroatoms. The van der Waals surface area contributed by atoms with Gasteiger partial charge >= 0.3 is 11.9 Å². The van der Waals surface area contributed by atoms with Crippen molar-refractivity contribution in [2.24, 2.45) is 17.8 Å². The van der Waals surface area contributed by atoms with Crippen LogP contribution in [0.4, 0.5) is 5.69 Å². The third-order valence-electron chi connectivity index (χ3n) is 14.4. The second-order valence-electron chi connectivity index (χ2n) is 19.5. The van der Waals surface area contributed by atoms with Gasteiger partial charge in [0.25, 0.3) is 5.69 Å². The summed E-state index contributed by atoms with van der Waals surface area (Å²) < 4.78 is 39.0. The normalized spacial score (nSPS) is 31.7. The largest absolute Gasteiger partial charge is 0.479 e. The Morgan fingerprint density at radius 2 is 1.69 bits per heavy atom. The molecular weight excluding hydrogens is 945 g/mol. The predicted molar refractivity (Wildman–Crippen MR) is 249 cm³/mol. The molecular formula is C49H64N6O17. The van der Waals surface area contributed by atoms with E-state index < -0.39 is 121 Å². The van der Waals surface area contributed by atoms with Crippen molar-refractivity contribution in [2.75, 3.05) is 6.61 Å². The molecule has 8 rings (SSSR count). The number of carboxylic acids is 1. The first-order valence-corrected chi connectivity index (χ1v) is 24.6. The van der Waals surface area contributed by atoms with Gasteiger partial charge in [0.05, 0.1) is 48.1 Å². The minimum absolute atomic E-state index is 0.0153. The summed E-state index contributed by atoms with van der Waals surface area (Å²) in [5, 5.41) is 88.3. The summed E-state index contributed by atoms with van der Waals surface area (Å²) in [5.74, 6) is -3.91. The number of nitro groups is 1. The van der Waals surface area contributed by atoms with Gasteiger partial charge < -0.3 is 69.4 Å². The summed E-state index contributed by atoms with van der Waals surface area (Å²) >= 11 is 0. The number of nitro benzene ring substituents is 1. The van der Waals surface area contributed by atoms with E-state index in [1.54, 1.807) is 48.3 Å². The summed E-state index contributed by atoms with van der Waals surface area (Å²) in [6, 6.07) is 12.5. The average molecular weight is 1010 g/mol. The van der Waals surface area contributed by atoms with Crippen molar-refractivity contribution < 1.29 is 78.4 Å². The molecule has 72 heavy (non-hydrogen) atoms. The highest BCUT2D eigenvalue weighted by molar-refractivity contribution is 5.89. The Labute approximate surface area is 413 Å². The fraction of sp³-hybridized carbons (Fsp3) is 0.612. The number of carboxylic acid groups (broad SMARTS) is 1. The molecule has 23 nitrogen and oxygen atoms in total. The minimum Gasteiger partial charge on any atom is -0.479 e. The number of H-pyrrole nitrogens is 1. The first-order valence-electron chi connectivity index (χ1n) is 24.6. The van der Waals surface area contributed by atoms with E-state index >= 15 is 0 Å². The lowest BCUT2D eigenvalue weighted by Gasteiger charge is -2.48. The molecule has 2 aliphatic carbocycles. The lowest BCUT2D eigenvalue weighted by molar-refractivity contribution is -0.384. The molecule has 2 saturated carbocycles. The molecule has 392 valence electrons. The van der Waals surface area contributed by atoms with Crippen molar-refractivity contribution in [3.05, 3.63) is 87.9 Å². The zero-order chi connectivity index (χ0) is 51.2. The predicted octanol–water partition coefficient (Wildman–Crippen LogP) is 2.28. The van der Waals surface area contributed by atoms with E-state index in [0.717, 1.165) is 48.6 Å². The molecule has 15 atom stereocenters. The molecule has 0 bridgehead atoms. The van der Waals surface area contributed by atoms with Crippen LogP contribution in [0.5, 0.6) is 0 Å². The van der Waals surface area contributed by atoms with Crippen LogP contribution in [-0.2, 0) is 57.5 Å². The molecule has 2 saturated heterocycles. The number of aromatic nitrogens is 4. The van der Waals surface area contributed by atoms with Crippen LogP contribution in [0.2, 0.25) is 0 Å². The maximum absolute atomic E-state index is 14.1. The van der Waals surface area contributed by atoms with Crippen LogP contribution >= 0.6 is 0 Å². The average Bonchev–Trinajstić information content (AvgIpc) is 4.02. The van der Waals surface area contributed by atoms with Crippen LogP contribution in [0.3, 0.4) is 0 Å². The highest BCUT2D eigenvalue weighted by Gasteiger charge is 2.54. The fourth-order valence-electron chi connectivity index (χ4n) is 10.4. The van der Waals surface area contributed by atoms with Gasteiger partial charge in [-0.15, -0.1) is 5.10 Å². The van der Waals surface area contributed by atoms with Crippen molar-refractivity contribution in [3.63, 3.8) is 0 Å². The van der Waals surface area contributed by atoms with Crippen LogP contribution in [0, 0.1) is 27.9 Å². The molecule has 4 fully saturated rings. The second kappa shape index (κ2) is 23.6. The quantitative estimate of drug-likeness (QED) is 0.0379. The summed E-state index contributed by atoms with van der Waals surface area (Å²) in [4.78, 5) is 54.9. The number of benzene rings is 2. The standard InChI is InChI=1S/C49H64N6O17/c1-25-17-30(45(61)51-22-31-23-54(53-52-31)16-15-29-21-50-34-14-13-32(55(65)66)20-33(29)34)19-35(42(25)72-48-41(60)40(59)38(57)26(2)67-48)69-49-44(71-47(64)28-11-7-4-8-12-28)43(39(58)37(24-56)70-49)68-36(46(62)63)18-27-9-5-3-6-10-27/h4,7-8,11-14,20-21,23,25-27,30,35-44,48-50,56-60H,3,5-6,9-10,15-19,22,24H2,1-2H3,(H,51,61)(H,62,63)/t25-,26-,30+,35+,36-,37+,38+,39-,40+,41-,42+,43-,44+,48-,49+/m0/s1. The molecule has 4 heterocycles. The summed E-state index contributed by atoms with van der Waals surface area (Å²) in [7, 11) is 0. The number of nitrogens with one attached hydrogen (secondary N) is 2. The lowest BCUT2D eigenvalue weighted by Crippen LogP contribution is -2.64. The van der Waals surface area contributed by atoms with Crippen molar-refractivity contribution >= 4 is 34.4 Å². The number of rotatable bonds is 19. The minimum atomic E-state index is -1.72. The van der Waals surface area contributed by atoms with Crippen LogP contribution in [0.15, 0.2) is 60.9 Å². The molecule has 2 aromatic heterocycles. The maximum atomic E-state index is 14.1. The van der Waals surface area contributed by atoms with E-state index in [9.17, 15) is 55.1 Å². The van der Waals surface area contributed by atoms with Gasteiger partial charge in [0.2, 0.25) is 5.91 Å². The summed E-state index contributed by atoms with van der Waals surface area (Å²) in [6.45, 7) is 2.84. The number of non-ortho nitro benzene ring substituents is 1. The molecule has 0 unspecified atom stereocenters. The number of hydrogen-bond acceptors (Lipinski definition) is 18. The van der Waals surface area contributed by atoms with Gasteiger partial charge in [-0.3, -0.25) is 19.6 Å². The van der Waals surface area contributed by atoms with Crippen LogP contribution in [0.25, 0.3) is 10.9 Å². The Hall–Kier alpha value is -5.47. The Morgan fingerprint density at radius 1 is 0.931 bits per heavy atom. The maximum Gasteiger partial charge on any atom is 0.338 e. The molecule has 2 aromatic carbocycles. The van der Waals surface area contributed by atoms with E-state index in [1.165, 1.54) is 31.2 Å². The molecule has 4 aromatic rings. The van der Waals surface area contributed by atoms with Gasteiger partial charge in [-0.1, -0.05) is 62.4 Å². The number of carbonyl (C=O) groups is 3. The smallest absolute Gasteiger partial charge is 0.338 e. The Balaban J connectivity index is 1.03. The van der Waals surface area contributed by atoms with Crippen LogP contribution in [-0.4, -0.2) is 160 Å². The SMILES string of the molecule is C[C@@H]1O[C@@H](O[C@@H]2[C@@H](C)C[C@@H](C(=O)NCc3cn(CCc4c[nH]c5ccc([N+](=O)[O-])cc45)nn3)C[C@H]2O[C@@H]2O[C@H](CO)[C@H](O)[C@H](O[C@@H](CC3CCCCC3)C(=O)O)[C@H]2OC(=O)c2ccccc2)[C@@H](O)[C@H](O)[C@@H]1O.